The van der Waals surface area contributed by atoms with Crippen LogP contribution in [0.4, 0.5) is 13.6 Å². The van der Waals surface area contributed by atoms with Crippen molar-refractivity contribution in [3.63, 3.8) is 0 Å². The van der Waals surface area contributed by atoms with Crippen molar-refractivity contribution in [1.29, 1.82) is 0 Å². The average Bonchev–Trinajstić information content (AvgIpc) is 2.41. The van der Waals surface area contributed by atoms with Crippen LogP contribution in [0.15, 0.2) is 0 Å². The molecule has 0 radical (unpaired) electrons. The number of hydrogen-bond donors (Lipinski definition) is 2. The molecule has 1 saturated carbocycles. The van der Waals surface area contributed by atoms with Crippen molar-refractivity contribution in [2.24, 2.45) is 5.73 Å². The number of ether oxygens (including phenoxy) is 1. The fourth-order valence-corrected chi connectivity index (χ4v) is 3.41. The average molecular weight is 334 g/mol. The zero-order valence-corrected chi connectivity index (χ0v) is 14.2. The molecule has 1 saturated heterocycles. The number of nitrogens with zero attached hydrogens (tertiary/aromatic N) is 1. The van der Waals surface area contributed by atoms with Gasteiger partial charge in [0.25, 0.3) is 0 Å². The van der Waals surface area contributed by atoms with Crippen LogP contribution in [0.3, 0.4) is 0 Å². The molecule has 2 fully saturated rings. The number of hydrogen-bond acceptors (Lipinski definition) is 4. The van der Waals surface area contributed by atoms with Gasteiger partial charge in [-0.2, -0.15) is 0 Å². The Morgan fingerprint density at radius 3 is 2.00 bits per heavy atom. The SMILES string of the molecule is CC(C)(C)OC(=O)N1CCC(O)(C2(N)CCC(F)(F)CC2)CC1. The number of carbonyl (C=O) groups excluding carboxylic acids is 1. The lowest BCUT2D eigenvalue weighted by Gasteiger charge is -2.51. The van der Waals surface area contributed by atoms with E-state index in [1.54, 1.807) is 25.7 Å². The molecule has 0 aromatic heterocycles. The first-order valence-electron chi connectivity index (χ1n) is 8.23. The third-order valence-corrected chi connectivity index (χ3v) is 5.04. The summed E-state index contributed by atoms with van der Waals surface area (Å²) in [5.74, 6) is -2.68. The van der Waals surface area contributed by atoms with E-state index in [2.05, 4.69) is 0 Å². The van der Waals surface area contributed by atoms with Gasteiger partial charge >= 0.3 is 6.09 Å². The van der Waals surface area contributed by atoms with Crippen LogP contribution >= 0.6 is 0 Å². The third-order valence-electron chi connectivity index (χ3n) is 5.04. The Morgan fingerprint density at radius 1 is 1.09 bits per heavy atom. The Balaban J connectivity index is 1.96. The van der Waals surface area contributed by atoms with Gasteiger partial charge < -0.3 is 20.5 Å². The van der Waals surface area contributed by atoms with Gasteiger partial charge in [-0.3, -0.25) is 0 Å². The van der Waals surface area contributed by atoms with Crippen LogP contribution in [0, 0.1) is 0 Å². The first-order valence-corrected chi connectivity index (χ1v) is 8.23. The van der Waals surface area contributed by atoms with Crippen molar-refractivity contribution in [1.82, 2.24) is 4.90 Å². The largest absolute Gasteiger partial charge is 0.444 e. The molecule has 0 atom stereocenters. The summed E-state index contributed by atoms with van der Waals surface area (Å²) >= 11 is 0. The van der Waals surface area contributed by atoms with Crippen LogP contribution in [0.25, 0.3) is 0 Å². The summed E-state index contributed by atoms with van der Waals surface area (Å²) in [6.45, 7) is 6.02. The van der Waals surface area contributed by atoms with Crippen LogP contribution in [0.1, 0.15) is 59.3 Å². The summed E-state index contributed by atoms with van der Waals surface area (Å²) in [5.41, 5.74) is 3.51. The number of likely N-dealkylation sites (tertiary alicyclic amines) is 1. The summed E-state index contributed by atoms with van der Waals surface area (Å²) in [5, 5.41) is 10.9. The predicted molar refractivity (Wildman–Crippen MR) is 82.3 cm³/mol. The maximum atomic E-state index is 13.4. The number of rotatable bonds is 1. The van der Waals surface area contributed by atoms with E-state index in [9.17, 15) is 18.7 Å². The summed E-state index contributed by atoms with van der Waals surface area (Å²) < 4.78 is 32.0. The summed E-state index contributed by atoms with van der Waals surface area (Å²) in [4.78, 5) is 13.6. The van der Waals surface area contributed by atoms with Gasteiger partial charge in [-0.1, -0.05) is 0 Å². The van der Waals surface area contributed by atoms with Gasteiger partial charge in [-0.15, -0.1) is 0 Å². The van der Waals surface area contributed by atoms with E-state index in [1.165, 1.54) is 0 Å². The van der Waals surface area contributed by atoms with Crippen LogP contribution in [0.2, 0.25) is 0 Å². The second-order valence-electron chi connectivity index (χ2n) is 8.01. The molecule has 7 heteroatoms. The molecule has 0 unspecified atom stereocenters. The molecule has 0 aromatic carbocycles. The van der Waals surface area contributed by atoms with E-state index < -0.39 is 28.8 Å². The minimum absolute atomic E-state index is 0.100. The molecule has 2 rings (SSSR count). The second-order valence-corrected chi connectivity index (χ2v) is 8.01. The minimum Gasteiger partial charge on any atom is -0.444 e. The van der Waals surface area contributed by atoms with Gasteiger partial charge in [-0.05, 0) is 46.5 Å². The zero-order valence-electron chi connectivity index (χ0n) is 14.2. The molecule has 5 nitrogen and oxygen atoms in total. The Morgan fingerprint density at radius 2 is 1.57 bits per heavy atom. The van der Waals surface area contributed by atoms with Crippen molar-refractivity contribution in [2.75, 3.05) is 13.1 Å². The molecule has 0 bridgehead atoms. The highest BCUT2D eigenvalue weighted by Crippen LogP contribution is 2.45. The van der Waals surface area contributed by atoms with E-state index in [0.29, 0.717) is 13.1 Å². The monoisotopic (exact) mass is 334 g/mol. The third kappa shape index (κ3) is 4.12. The van der Waals surface area contributed by atoms with E-state index >= 15 is 0 Å². The van der Waals surface area contributed by atoms with Crippen LogP contribution in [-0.2, 0) is 4.74 Å². The molecular formula is C16H28F2N2O3. The summed E-state index contributed by atoms with van der Waals surface area (Å²) in [6, 6.07) is 0. The highest BCUT2D eigenvalue weighted by molar-refractivity contribution is 5.68. The lowest BCUT2D eigenvalue weighted by Crippen LogP contribution is -2.66. The fourth-order valence-electron chi connectivity index (χ4n) is 3.41. The second kappa shape index (κ2) is 5.84. The minimum atomic E-state index is -2.68. The Hall–Kier alpha value is -0.950. The molecule has 1 amide bonds. The predicted octanol–water partition coefficient (Wildman–Crippen LogP) is 2.66. The number of carbonyl (C=O) groups is 1. The molecule has 1 aliphatic carbocycles. The number of piperidine rings is 1. The quantitative estimate of drug-likeness (QED) is 0.773. The first kappa shape index (κ1) is 18.4. The van der Waals surface area contributed by atoms with Gasteiger partial charge in [0, 0.05) is 31.5 Å². The molecular weight excluding hydrogens is 306 g/mol. The molecule has 0 spiro atoms. The molecule has 23 heavy (non-hydrogen) atoms. The number of halogens is 2. The van der Waals surface area contributed by atoms with Crippen LogP contribution in [-0.4, -0.2) is 51.9 Å². The van der Waals surface area contributed by atoms with Crippen molar-refractivity contribution < 1.29 is 23.4 Å². The zero-order chi connectivity index (χ0) is 17.5. The lowest BCUT2D eigenvalue weighted by atomic mass is 9.66. The number of alkyl halides is 2. The van der Waals surface area contributed by atoms with E-state index in [4.69, 9.17) is 10.5 Å². The highest BCUT2D eigenvalue weighted by atomic mass is 19.3. The number of nitrogens with two attached hydrogens (primary N) is 1. The molecule has 134 valence electrons. The molecule has 0 aromatic rings. The van der Waals surface area contributed by atoms with E-state index in [-0.39, 0.29) is 38.5 Å². The van der Waals surface area contributed by atoms with Gasteiger partial charge in [0.15, 0.2) is 0 Å². The fraction of sp³-hybridized carbons (Fsp3) is 0.938. The molecule has 1 heterocycles. The molecule has 1 aliphatic heterocycles. The standard InChI is InChI=1S/C16H28F2N2O3/c1-13(2,3)23-12(21)20-10-8-15(22,9-11-20)14(19)4-6-16(17,18)7-5-14/h22H,4-11,19H2,1-3H3. The van der Waals surface area contributed by atoms with Gasteiger partial charge in [0.05, 0.1) is 5.60 Å². The highest BCUT2D eigenvalue weighted by Gasteiger charge is 2.53. The van der Waals surface area contributed by atoms with Gasteiger partial charge in [0.1, 0.15) is 5.60 Å². The molecule has 3 N–H and O–H groups in total. The Labute approximate surface area is 136 Å². The smallest absolute Gasteiger partial charge is 0.410 e. The normalized spacial score (nSPS) is 26.7. The number of amides is 1. The Bertz CT molecular complexity index is 445. The van der Waals surface area contributed by atoms with Crippen LogP contribution in [0.5, 0.6) is 0 Å². The Kier molecular flexibility index (Phi) is 4.67. The maximum absolute atomic E-state index is 13.4. The van der Waals surface area contributed by atoms with Gasteiger partial charge in [0.2, 0.25) is 5.92 Å². The summed E-state index contributed by atoms with van der Waals surface area (Å²) in [6.07, 6.45) is -0.224. The van der Waals surface area contributed by atoms with Crippen molar-refractivity contribution >= 4 is 6.09 Å². The molecule has 2 aliphatic rings. The topological polar surface area (TPSA) is 75.8 Å². The van der Waals surface area contributed by atoms with E-state index in [1.807, 2.05) is 0 Å². The maximum Gasteiger partial charge on any atom is 0.410 e. The van der Waals surface area contributed by atoms with Crippen molar-refractivity contribution in [3.8, 4) is 0 Å². The van der Waals surface area contributed by atoms with Crippen LogP contribution < -0.4 is 5.73 Å². The first-order chi connectivity index (χ1) is 10.4. The van der Waals surface area contributed by atoms with E-state index in [0.717, 1.165) is 0 Å². The van der Waals surface area contributed by atoms with Gasteiger partial charge in [-0.25, -0.2) is 13.6 Å². The number of aliphatic hydroxyl groups is 1. The van der Waals surface area contributed by atoms with Crippen molar-refractivity contribution in [2.45, 2.75) is 82.0 Å². The summed E-state index contributed by atoms with van der Waals surface area (Å²) in [7, 11) is 0. The van der Waals surface area contributed by atoms with Crippen molar-refractivity contribution in [3.05, 3.63) is 0 Å². The lowest BCUT2D eigenvalue weighted by molar-refractivity contribution is -0.126.